The average molecular weight is 365 g/mol. The Balaban J connectivity index is 1.55. The standard InChI is InChI=1S/C21H24FN5/c1-2-23-21(25-15-18-8-6-7-11-20(18)22)24-13-12-17-14-26-27(16-17)19-9-4-3-5-10-19/h3-11,14,16H,2,12-13,15H2,1H3,(H2,23,24,25). The lowest BCUT2D eigenvalue weighted by atomic mass is 10.2. The Bertz CT molecular complexity index is 873. The van der Waals surface area contributed by atoms with Crippen LogP contribution >= 0.6 is 0 Å². The maximum Gasteiger partial charge on any atom is 0.191 e. The lowest BCUT2D eigenvalue weighted by Gasteiger charge is -2.11. The highest BCUT2D eigenvalue weighted by atomic mass is 19.1. The molecular formula is C21H24FN5. The second kappa shape index (κ2) is 9.52. The molecule has 0 aliphatic carbocycles. The Kier molecular flexibility index (Phi) is 6.57. The monoisotopic (exact) mass is 365 g/mol. The number of halogens is 1. The normalized spacial score (nSPS) is 11.4. The predicted molar refractivity (Wildman–Crippen MR) is 106 cm³/mol. The first-order valence-corrected chi connectivity index (χ1v) is 9.11. The van der Waals surface area contributed by atoms with E-state index in [4.69, 9.17) is 0 Å². The molecule has 3 rings (SSSR count). The number of aromatic nitrogens is 2. The van der Waals surface area contributed by atoms with Gasteiger partial charge in [-0.05, 0) is 37.1 Å². The van der Waals surface area contributed by atoms with Crippen molar-refractivity contribution in [2.75, 3.05) is 13.1 Å². The van der Waals surface area contributed by atoms with E-state index in [1.54, 1.807) is 12.1 Å². The van der Waals surface area contributed by atoms with E-state index in [0.717, 1.165) is 24.2 Å². The van der Waals surface area contributed by atoms with Crippen molar-refractivity contribution in [1.82, 2.24) is 20.4 Å². The van der Waals surface area contributed by atoms with Crippen LogP contribution in [0.3, 0.4) is 0 Å². The number of benzene rings is 2. The van der Waals surface area contributed by atoms with Gasteiger partial charge in [0.2, 0.25) is 0 Å². The second-order valence-electron chi connectivity index (χ2n) is 6.09. The van der Waals surface area contributed by atoms with Crippen LogP contribution in [0.15, 0.2) is 72.0 Å². The van der Waals surface area contributed by atoms with E-state index >= 15 is 0 Å². The predicted octanol–water partition coefficient (Wildman–Crippen LogP) is 3.31. The van der Waals surface area contributed by atoms with Crippen molar-refractivity contribution >= 4 is 5.96 Å². The molecule has 3 aromatic rings. The Labute approximate surface area is 159 Å². The number of hydrogen-bond acceptors (Lipinski definition) is 2. The molecule has 0 saturated heterocycles. The fraction of sp³-hybridized carbons (Fsp3) is 0.238. The van der Waals surface area contributed by atoms with Gasteiger partial charge in [-0.15, -0.1) is 0 Å². The zero-order valence-corrected chi connectivity index (χ0v) is 15.4. The van der Waals surface area contributed by atoms with Crippen molar-refractivity contribution in [3.8, 4) is 5.69 Å². The van der Waals surface area contributed by atoms with Crippen LogP contribution < -0.4 is 10.6 Å². The number of hydrogen-bond donors (Lipinski definition) is 2. The van der Waals surface area contributed by atoms with Crippen LogP contribution in [-0.4, -0.2) is 28.8 Å². The molecule has 5 nitrogen and oxygen atoms in total. The van der Waals surface area contributed by atoms with Crippen LogP contribution in [0.25, 0.3) is 5.69 Å². The highest BCUT2D eigenvalue weighted by Crippen LogP contribution is 2.08. The maximum absolute atomic E-state index is 13.7. The first-order chi connectivity index (χ1) is 13.3. The zero-order valence-electron chi connectivity index (χ0n) is 15.4. The van der Waals surface area contributed by atoms with E-state index in [1.165, 1.54) is 6.07 Å². The molecule has 0 spiro atoms. The Morgan fingerprint density at radius 1 is 1.07 bits per heavy atom. The molecule has 1 heterocycles. The first-order valence-electron chi connectivity index (χ1n) is 9.11. The summed E-state index contributed by atoms with van der Waals surface area (Å²) in [5, 5.41) is 10.9. The third kappa shape index (κ3) is 5.41. The summed E-state index contributed by atoms with van der Waals surface area (Å²) < 4.78 is 15.6. The fourth-order valence-electron chi connectivity index (χ4n) is 2.67. The Hall–Kier alpha value is -3.15. The average Bonchev–Trinajstić information content (AvgIpc) is 3.17. The number of guanidine groups is 1. The molecule has 140 valence electrons. The van der Waals surface area contributed by atoms with E-state index in [2.05, 4.69) is 20.7 Å². The van der Waals surface area contributed by atoms with Gasteiger partial charge in [-0.3, -0.25) is 0 Å². The number of nitrogens with zero attached hydrogens (tertiary/aromatic N) is 3. The smallest absolute Gasteiger partial charge is 0.191 e. The van der Waals surface area contributed by atoms with Crippen LogP contribution in [-0.2, 0) is 13.0 Å². The van der Waals surface area contributed by atoms with Gasteiger partial charge in [0.25, 0.3) is 0 Å². The fourth-order valence-corrected chi connectivity index (χ4v) is 2.67. The highest BCUT2D eigenvalue weighted by Gasteiger charge is 2.03. The van der Waals surface area contributed by atoms with Gasteiger partial charge >= 0.3 is 0 Å². The molecule has 0 saturated carbocycles. The van der Waals surface area contributed by atoms with Gasteiger partial charge in [-0.25, -0.2) is 14.1 Å². The Morgan fingerprint density at radius 3 is 2.63 bits per heavy atom. The van der Waals surface area contributed by atoms with Crippen LogP contribution in [0.2, 0.25) is 0 Å². The third-order valence-electron chi connectivity index (χ3n) is 4.07. The quantitative estimate of drug-likeness (QED) is 0.499. The summed E-state index contributed by atoms with van der Waals surface area (Å²) in [6.07, 6.45) is 4.72. The van der Waals surface area contributed by atoms with E-state index in [-0.39, 0.29) is 5.82 Å². The summed E-state index contributed by atoms with van der Waals surface area (Å²) in [5.41, 5.74) is 2.76. The minimum absolute atomic E-state index is 0.231. The summed E-state index contributed by atoms with van der Waals surface area (Å²) >= 11 is 0. The first kappa shape index (κ1) is 18.6. The van der Waals surface area contributed by atoms with Gasteiger partial charge in [0.05, 0.1) is 18.4 Å². The Morgan fingerprint density at radius 2 is 1.85 bits per heavy atom. The molecule has 0 unspecified atom stereocenters. The highest BCUT2D eigenvalue weighted by molar-refractivity contribution is 5.79. The van der Waals surface area contributed by atoms with Crippen molar-refractivity contribution in [1.29, 1.82) is 0 Å². The number of para-hydroxylation sites is 1. The summed E-state index contributed by atoms with van der Waals surface area (Å²) in [6, 6.07) is 16.7. The van der Waals surface area contributed by atoms with Crippen molar-refractivity contribution in [2.24, 2.45) is 4.99 Å². The zero-order chi connectivity index (χ0) is 18.9. The lowest BCUT2D eigenvalue weighted by molar-refractivity contribution is 0.610. The van der Waals surface area contributed by atoms with Gasteiger partial charge in [0.15, 0.2) is 5.96 Å². The molecule has 6 heteroatoms. The summed E-state index contributed by atoms with van der Waals surface area (Å²) in [7, 11) is 0. The van der Waals surface area contributed by atoms with Crippen LogP contribution in [0.4, 0.5) is 4.39 Å². The SMILES string of the molecule is CCNC(=NCc1ccccc1F)NCCc1cnn(-c2ccccc2)c1. The molecule has 2 aromatic carbocycles. The minimum Gasteiger partial charge on any atom is -0.357 e. The molecule has 0 aliphatic heterocycles. The molecule has 27 heavy (non-hydrogen) atoms. The molecule has 0 fully saturated rings. The number of nitrogens with one attached hydrogen (secondary N) is 2. The summed E-state index contributed by atoms with van der Waals surface area (Å²) in [6.45, 7) is 3.76. The van der Waals surface area contributed by atoms with Crippen LogP contribution in [0.5, 0.6) is 0 Å². The van der Waals surface area contributed by atoms with Crippen molar-refractivity contribution in [3.63, 3.8) is 0 Å². The third-order valence-corrected chi connectivity index (χ3v) is 4.07. The molecule has 0 bridgehead atoms. The molecule has 1 aromatic heterocycles. The molecule has 2 N–H and O–H groups in total. The van der Waals surface area contributed by atoms with E-state index < -0.39 is 0 Å². The van der Waals surface area contributed by atoms with E-state index in [0.29, 0.717) is 24.6 Å². The number of rotatable bonds is 7. The van der Waals surface area contributed by atoms with E-state index in [9.17, 15) is 4.39 Å². The molecule has 0 aliphatic rings. The minimum atomic E-state index is -0.231. The van der Waals surface area contributed by atoms with Gasteiger partial charge in [-0.1, -0.05) is 36.4 Å². The van der Waals surface area contributed by atoms with Crippen molar-refractivity contribution in [2.45, 2.75) is 19.9 Å². The second-order valence-corrected chi connectivity index (χ2v) is 6.09. The lowest BCUT2D eigenvalue weighted by Crippen LogP contribution is -2.38. The van der Waals surface area contributed by atoms with Crippen LogP contribution in [0.1, 0.15) is 18.1 Å². The topological polar surface area (TPSA) is 54.2 Å². The number of aliphatic imine (C=N–C) groups is 1. The molecular weight excluding hydrogens is 341 g/mol. The van der Waals surface area contributed by atoms with Crippen molar-refractivity contribution in [3.05, 3.63) is 83.9 Å². The molecule has 0 amide bonds. The van der Waals surface area contributed by atoms with Gasteiger partial charge in [0.1, 0.15) is 5.82 Å². The van der Waals surface area contributed by atoms with Gasteiger partial charge in [0, 0.05) is 24.8 Å². The molecule has 0 radical (unpaired) electrons. The molecule has 0 atom stereocenters. The maximum atomic E-state index is 13.7. The largest absolute Gasteiger partial charge is 0.357 e. The van der Waals surface area contributed by atoms with Crippen molar-refractivity contribution < 1.29 is 4.39 Å². The summed E-state index contributed by atoms with van der Waals surface area (Å²) in [4.78, 5) is 4.46. The van der Waals surface area contributed by atoms with E-state index in [1.807, 2.05) is 60.4 Å². The summed E-state index contributed by atoms with van der Waals surface area (Å²) in [5.74, 6) is 0.446. The van der Waals surface area contributed by atoms with Gasteiger partial charge < -0.3 is 10.6 Å². The van der Waals surface area contributed by atoms with Gasteiger partial charge in [-0.2, -0.15) is 5.10 Å². The van der Waals surface area contributed by atoms with Crippen LogP contribution in [0, 0.1) is 5.82 Å².